The molecule has 2 aliphatic rings. The van der Waals surface area contributed by atoms with Crippen LogP contribution in [0.3, 0.4) is 0 Å². The van der Waals surface area contributed by atoms with Gasteiger partial charge in [0.25, 0.3) is 0 Å². The molecule has 1 atom stereocenters. The fourth-order valence-corrected chi connectivity index (χ4v) is 4.41. The average Bonchev–Trinajstić information content (AvgIpc) is 3.18. The maximum atomic E-state index is 13.0. The monoisotopic (exact) mass is 404 g/mol. The van der Waals surface area contributed by atoms with Gasteiger partial charge in [-0.2, -0.15) is 0 Å². The number of carbonyl (C=O) groups is 2. The Hall–Kier alpha value is -2.18. The molecule has 0 aliphatic carbocycles. The number of fused-ring (bicyclic) bond motifs is 2. The van der Waals surface area contributed by atoms with E-state index in [1.54, 1.807) is 24.1 Å². The molecule has 0 radical (unpaired) electrons. The van der Waals surface area contributed by atoms with Crippen LogP contribution in [0.4, 0.5) is 5.69 Å². The molecular weight excluding hydrogens is 387 g/mol. The lowest BCUT2D eigenvalue weighted by atomic mass is 9.81. The highest BCUT2D eigenvalue weighted by Gasteiger charge is 2.49. The summed E-state index contributed by atoms with van der Waals surface area (Å²) in [6.07, 6.45) is 3.90. The normalized spacial score (nSPS) is 21.0. The zero-order chi connectivity index (χ0) is 19.2. The van der Waals surface area contributed by atoms with E-state index < -0.39 is 0 Å². The second-order valence-electron chi connectivity index (χ2n) is 7.12. The molecule has 2 aromatic rings. The van der Waals surface area contributed by atoms with E-state index in [-0.39, 0.29) is 28.8 Å². The van der Waals surface area contributed by atoms with Gasteiger partial charge in [0, 0.05) is 48.9 Å². The fourth-order valence-electron chi connectivity index (χ4n) is 4.07. The van der Waals surface area contributed by atoms with Crippen LogP contribution in [0.2, 0.25) is 10.2 Å². The van der Waals surface area contributed by atoms with E-state index in [1.165, 1.54) is 6.20 Å². The molecule has 1 aromatic carbocycles. The first-order valence-electron chi connectivity index (χ1n) is 8.70. The van der Waals surface area contributed by atoms with Crippen molar-refractivity contribution >= 4 is 40.7 Å². The standard InChI is InChI=1S/C19H18Cl2N4O2/c1-12(26)24-5-4-19(10-24)11-25(16-3-2-13(20)6-15(16)19)18(27)7-14-8-22-9-17(21)23-14/h2-3,6,8-9H,4-5,7,10-11H2,1H3. The molecule has 1 aromatic heterocycles. The third-order valence-corrected chi connectivity index (χ3v) is 5.79. The van der Waals surface area contributed by atoms with E-state index in [1.807, 2.05) is 17.0 Å². The SMILES string of the molecule is CC(=O)N1CCC2(C1)CN(C(=O)Cc1cncc(Cl)n1)c1ccc(Cl)cc12. The minimum Gasteiger partial charge on any atom is -0.342 e. The summed E-state index contributed by atoms with van der Waals surface area (Å²) in [6, 6.07) is 5.59. The van der Waals surface area contributed by atoms with Crippen LogP contribution in [0.1, 0.15) is 24.6 Å². The molecule has 4 rings (SSSR count). The summed E-state index contributed by atoms with van der Waals surface area (Å²) >= 11 is 12.1. The predicted octanol–water partition coefficient (Wildman–Crippen LogP) is 2.86. The topological polar surface area (TPSA) is 66.4 Å². The Morgan fingerprint density at radius 3 is 2.74 bits per heavy atom. The van der Waals surface area contributed by atoms with Crippen LogP contribution in [0, 0.1) is 0 Å². The molecule has 1 spiro atoms. The van der Waals surface area contributed by atoms with Crippen molar-refractivity contribution in [2.75, 3.05) is 24.5 Å². The van der Waals surface area contributed by atoms with Crippen LogP contribution in [0.5, 0.6) is 0 Å². The minimum absolute atomic E-state index is 0.0504. The van der Waals surface area contributed by atoms with E-state index in [0.717, 1.165) is 17.7 Å². The van der Waals surface area contributed by atoms with Crippen LogP contribution >= 0.6 is 23.2 Å². The lowest BCUT2D eigenvalue weighted by molar-refractivity contribution is -0.127. The maximum absolute atomic E-state index is 13.0. The van der Waals surface area contributed by atoms with Gasteiger partial charge in [-0.3, -0.25) is 14.6 Å². The number of nitrogens with zero attached hydrogens (tertiary/aromatic N) is 4. The van der Waals surface area contributed by atoms with Crippen molar-refractivity contribution in [2.24, 2.45) is 0 Å². The van der Waals surface area contributed by atoms with Crippen LogP contribution in [0.15, 0.2) is 30.6 Å². The highest BCUT2D eigenvalue weighted by atomic mass is 35.5. The summed E-state index contributed by atoms with van der Waals surface area (Å²) in [5.74, 6) is -0.0253. The summed E-state index contributed by atoms with van der Waals surface area (Å²) in [5.41, 5.74) is 2.14. The van der Waals surface area contributed by atoms with Crippen molar-refractivity contribution in [3.8, 4) is 0 Å². The zero-order valence-electron chi connectivity index (χ0n) is 14.8. The molecule has 3 heterocycles. The summed E-state index contributed by atoms with van der Waals surface area (Å²) in [7, 11) is 0. The van der Waals surface area contributed by atoms with E-state index in [0.29, 0.717) is 30.4 Å². The summed E-state index contributed by atoms with van der Waals surface area (Å²) in [4.78, 5) is 36.6. The molecular formula is C19H18Cl2N4O2. The Labute approximate surface area is 167 Å². The third-order valence-electron chi connectivity index (χ3n) is 5.37. The van der Waals surface area contributed by atoms with Gasteiger partial charge in [-0.25, -0.2) is 4.98 Å². The van der Waals surface area contributed by atoms with Gasteiger partial charge in [0.15, 0.2) is 0 Å². The van der Waals surface area contributed by atoms with Gasteiger partial charge in [-0.1, -0.05) is 23.2 Å². The lowest BCUT2D eigenvalue weighted by Gasteiger charge is -2.25. The third kappa shape index (κ3) is 3.28. The summed E-state index contributed by atoms with van der Waals surface area (Å²) in [6.45, 7) is 3.38. The van der Waals surface area contributed by atoms with Crippen molar-refractivity contribution in [1.82, 2.24) is 14.9 Å². The molecule has 8 heteroatoms. The fraction of sp³-hybridized carbons (Fsp3) is 0.368. The Morgan fingerprint density at radius 1 is 1.22 bits per heavy atom. The molecule has 1 fully saturated rings. The highest BCUT2D eigenvalue weighted by Crippen LogP contribution is 2.47. The second-order valence-corrected chi connectivity index (χ2v) is 7.95. The Balaban J connectivity index is 1.66. The number of hydrogen-bond acceptors (Lipinski definition) is 4. The van der Waals surface area contributed by atoms with E-state index in [9.17, 15) is 9.59 Å². The van der Waals surface area contributed by atoms with E-state index in [2.05, 4.69) is 9.97 Å². The van der Waals surface area contributed by atoms with Gasteiger partial charge < -0.3 is 9.80 Å². The number of amides is 2. The van der Waals surface area contributed by atoms with Crippen molar-refractivity contribution in [3.63, 3.8) is 0 Å². The Bertz CT molecular complexity index is 936. The van der Waals surface area contributed by atoms with Crippen molar-refractivity contribution in [2.45, 2.75) is 25.2 Å². The van der Waals surface area contributed by atoms with Crippen molar-refractivity contribution < 1.29 is 9.59 Å². The molecule has 6 nitrogen and oxygen atoms in total. The quantitative estimate of drug-likeness (QED) is 0.771. The minimum atomic E-state index is -0.276. The summed E-state index contributed by atoms with van der Waals surface area (Å²) < 4.78 is 0. The van der Waals surface area contributed by atoms with Gasteiger partial charge in [0.1, 0.15) is 5.15 Å². The Kier molecular flexibility index (Phi) is 4.56. The molecule has 0 saturated carbocycles. The van der Waals surface area contributed by atoms with Crippen LogP contribution in [0.25, 0.3) is 0 Å². The predicted molar refractivity (Wildman–Crippen MR) is 103 cm³/mol. The first kappa shape index (κ1) is 18.2. The first-order valence-corrected chi connectivity index (χ1v) is 9.46. The number of aromatic nitrogens is 2. The largest absolute Gasteiger partial charge is 0.342 e. The zero-order valence-corrected chi connectivity index (χ0v) is 16.3. The number of halogens is 2. The van der Waals surface area contributed by atoms with Gasteiger partial charge in [-0.15, -0.1) is 0 Å². The van der Waals surface area contributed by atoms with Gasteiger partial charge in [-0.05, 0) is 30.2 Å². The first-order chi connectivity index (χ1) is 12.9. The maximum Gasteiger partial charge on any atom is 0.233 e. The Morgan fingerprint density at radius 2 is 2.04 bits per heavy atom. The van der Waals surface area contributed by atoms with Gasteiger partial charge in [0.2, 0.25) is 11.8 Å². The van der Waals surface area contributed by atoms with Gasteiger partial charge in [0.05, 0.1) is 18.3 Å². The van der Waals surface area contributed by atoms with E-state index >= 15 is 0 Å². The summed E-state index contributed by atoms with van der Waals surface area (Å²) in [5, 5.41) is 0.891. The molecule has 140 valence electrons. The lowest BCUT2D eigenvalue weighted by Crippen LogP contribution is -2.40. The van der Waals surface area contributed by atoms with Crippen LogP contribution < -0.4 is 4.90 Å². The second kappa shape index (κ2) is 6.77. The smallest absolute Gasteiger partial charge is 0.233 e. The number of rotatable bonds is 2. The number of likely N-dealkylation sites (tertiary alicyclic amines) is 1. The van der Waals surface area contributed by atoms with E-state index in [4.69, 9.17) is 23.2 Å². The molecule has 2 amide bonds. The molecule has 27 heavy (non-hydrogen) atoms. The number of hydrogen-bond donors (Lipinski definition) is 0. The molecule has 1 saturated heterocycles. The average molecular weight is 405 g/mol. The molecule has 2 aliphatic heterocycles. The van der Waals surface area contributed by atoms with Crippen molar-refractivity contribution in [1.29, 1.82) is 0 Å². The highest BCUT2D eigenvalue weighted by molar-refractivity contribution is 6.30. The van der Waals surface area contributed by atoms with Crippen LogP contribution in [-0.4, -0.2) is 46.3 Å². The number of anilines is 1. The molecule has 1 unspecified atom stereocenters. The van der Waals surface area contributed by atoms with Gasteiger partial charge >= 0.3 is 0 Å². The number of benzene rings is 1. The van der Waals surface area contributed by atoms with Crippen LogP contribution in [-0.2, 0) is 21.4 Å². The molecule has 0 N–H and O–H groups in total. The van der Waals surface area contributed by atoms with Crippen molar-refractivity contribution in [3.05, 3.63) is 52.0 Å². The molecule has 0 bridgehead atoms. The number of carbonyl (C=O) groups excluding carboxylic acids is 2.